The Hall–Kier alpha value is -3.33. The second kappa shape index (κ2) is 11.2. The zero-order valence-corrected chi connectivity index (χ0v) is 23.8. The van der Waals surface area contributed by atoms with Crippen molar-refractivity contribution in [2.75, 3.05) is 63.2 Å². The number of anilines is 5. The molecule has 0 aliphatic carbocycles. The minimum atomic E-state index is -0.489. The van der Waals surface area contributed by atoms with E-state index in [1.54, 1.807) is 25.7 Å². The maximum absolute atomic E-state index is 6.50. The zero-order chi connectivity index (χ0) is 26.8. The summed E-state index contributed by atoms with van der Waals surface area (Å²) in [6, 6.07) is 8.38. The summed E-state index contributed by atoms with van der Waals surface area (Å²) in [4.78, 5) is 27.3. The van der Waals surface area contributed by atoms with Crippen molar-refractivity contribution < 1.29 is 4.74 Å². The largest absolute Gasteiger partial charge is 0.479 e. The Balaban J connectivity index is 1.40. The molecule has 12 heteroatoms. The van der Waals surface area contributed by atoms with Gasteiger partial charge in [-0.2, -0.15) is 9.97 Å². The van der Waals surface area contributed by atoms with Crippen molar-refractivity contribution in [3.05, 3.63) is 47.9 Å². The van der Waals surface area contributed by atoms with Crippen LogP contribution in [-0.2, 0) is 0 Å². The molecule has 1 saturated heterocycles. The highest BCUT2D eigenvalue weighted by atomic mass is 35.5. The van der Waals surface area contributed by atoms with Crippen LogP contribution in [0.5, 0.6) is 5.88 Å². The molecule has 3 aromatic heterocycles. The fraction of sp³-hybridized carbons (Fsp3) is 0.346. The van der Waals surface area contributed by atoms with Gasteiger partial charge in [0.05, 0.1) is 24.3 Å². The Bertz CT molecular complexity index is 1450. The minimum Gasteiger partial charge on any atom is -0.479 e. The number of likely N-dealkylation sites (N-methyl/N-ethyl adjacent to an activating group) is 1. The van der Waals surface area contributed by atoms with Gasteiger partial charge in [-0.3, -0.25) is 9.97 Å². The first-order valence-corrected chi connectivity index (χ1v) is 14.9. The first kappa shape index (κ1) is 26.3. The second-order valence-corrected chi connectivity index (χ2v) is 12.1. The number of benzene rings is 1. The molecule has 38 heavy (non-hydrogen) atoms. The average molecular weight is 552 g/mol. The van der Waals surface area contributed by atoms with Gasteiger partial charge in [0.15, 0.2) is 5.82 Å². The predicted octanol–water partition coefficient (Wildman–Crippen LogP) is 4.47. The standard InChI is InChI=1S/C26H31ClN9OP/c1-35(2)16-10-13-36(15-16)21-9-8-20(25(33-21)37-3)32-26-30-14-17(27)24(34-26)31-19-7-6-18-22(23(19)38(4)5)29-12-11-28-18/h6-9,11-12,14,16H,10,13,15H2,1-5H3,(H2,30,31,32,34). The fourth-order valence-electron chi connectivity index (χ4n) is 4.57. The van der Waals surface area contributed by atoms with Crippen molar-refractivity contribution in [3.63, 3.8) is 0 Å². The van der Waals surface area contributed by atoms with Crippen molar-refractivity contribution in [2.24, 2.45) is 0 Å². The highest BCUT2D eigenvalue weighted by Crippen LogP contribution is 2.35. The Morgan fingerprint density at radius 1 is 1.03 bits per heavy atom. The number of ether oxygens (including phenoxy) is 1. The molecular weight excluding hydrogens is 521 g/mol. The van der Waals surface area contributed by atoms with Gasteiger partial charge in [-0.25, -0.2) is 4.98 Å². The van der Waals surface area contributed by atoms with Gasteiger partial charge in [-0.05, 0) is 58.1 Å². The van der Waals surface area contributed by atoms with E-state index < -0.39 is 7.92 Å². The van der Waals surface area contributed by atoms with Crippen LogP contribution in [0.4, 0.5) is 29.0 Å². The van der Waals surface area contributed by atoms with Crippen molar-refractivity contribution in [1.29, 1.82) is 0 Å². The fourth-order valence-corrected chi connectivity index (χ4v) is 5.91. The van der Waals surface area contributed by atoms with Gasteiger partial charge in [-0.1, -0.05) is 19.5 Å². The van der Waals surface area contributed by atoms with Gasteiger partial charge < -0.3 is 25.2 Å². The molecule has 5 rings (SSSR count). The first-order valence-electron chi connectivity index (χ1n) is 12.3. The third-order valence-corrected chi connectivity index (χ3v) is 8.19. The van der Waals surface area contributed by atoms with Crippen molar-refractivity contribution in [1.82, 2.24) is 29.8 Å². The van der Waals surface area contributed by atoms with Crippen LogP contribution in [0, 0.1) is 0 Å². The number of aromatic nitrogens is 5. The van der Waals surface area contributed by atoms with Crippen LogP contribution in [0.1, 0.15) is 6.42 Å². The van der Waals surface area contributed by atoms with Crippen LogP contribution in [-0.4, -0.2) is 83.5 Å². The molecule has 0 saturated carbocycles. The minimum absolute atomic E-state index is 0.371. The van der Waals surface area contributed by atoms with Crippen LogP contribution in [0.3, 0.4) is 0 Å². The molecule has 2 N–H and O–H groups in total. The van der Waals surface area contributed by atoms with Gasteiger partial charge >= 0.3 is 0 Å². The number of pyridine rings is 1. The molecule has 4 aromatic rings. The molecule has 1 unspecified atom stereocenters. The molecule has 198 valence electrons. The number of fused-ring (bicyclic) bond motifs is 1. The van der Waals surface area contributed by atoms with E-state index in [0.717, 1.165) is 47.4 Å². The lowest BCUT2D eigenvalue weighted by Gasteiger charge is -2.22. The Labute approximate surface area is 228 Å². The zero-order valence-electron chi connectivity index (χ0n) is 22.1. The predicted molar refractivity (Wildman–Crippen MR) is 157 cm³/mol. The maximum atomic E-state index is 6.50. The van der Waals surface area contributed by atoms with Crippen LogP contribution >= 0.6 is 19.5 Å². The normalized spacial score (nSPS) is 15.5. The molecule has 1 aliphatic heterocycles. The van der Waals surface area contributed by atoms with Gasteiger partial charge in [0.2, 0.25) is 11.8 Å². The topological polar surface area (TPSA) is 104 Å². The highest BCUT2D eigenvalue weighted by molar-refractivity contribution is 7.65. The molecule has 0 amide bonds. The van der Waals surface area contributed by atoms with Crippen LogP contribution < -0.4 is 25.6 Å². The van der Waals surface area contributed by atoms with Crippen LogP contribution in [0.2, 0.25) is 5.02 Å². The lowest BCUT2D eigenvalue weighted by atomic mass is 10.2. The maximum Gasteiger partial charge on any atom is 0.239 e. The molecule has 0 spiro atoms. The van der Waals surface area contributed by atoms with Gasteiger partial charge in [0.25, 0.3) is 0 Å². The summed E-state index contributed by atoms with van der Waals surface area (Å²) in [6.07, 6.45) is 6.09. The van der Waals surface area contributed by atoms with E-state index in [1.165, 1.54) is 0 Å². The summed E-state index contributed by atoms with van der Waals surface area (Å²) < 4.78 is 5.61. The lowest BCUT2D eigenvalue weighted by molar-refractivity contribution is 0.315. The number of rotatable bonds is 8. The summed E-state index contributed by atoms with van der Waals surface area (Å²) >= 11 is 6.50. The van der Waals surface area contributed by atoms with E-state index in [4.69, 9.17) is 21.3 Å². The van der Waals surface area contributed by atoms with Crippen LogP contribution in [0.25, 0.3) is 11.0 Å². The van der Waals surface area contributed by atoms with Gasteiger partial charge in [0, 0.05) is 42.5 Å². The first-order chi connectivity index (χ1) is 18.3. The molecule has 10 nitrogen and oxygen atoms in total. The molecule has 1 fully saturated rings. The summed E-state index contributed by atoms with van der Waals surface area (Å²) in [6.45, 7) is 6.26. The van der Waals surface area contributed by atoms with E-state index in [2.05, 4.69) is 67.8 Å². The third kappa shape index (κ3) is 5.43. The Kier molecular flexibility index (Phi) is 7.74. The SMILES string of the molecule is COc1nc(N2CCC(N(C)C)C2)ccc1Nc1ncc(Cl)c(Nc2ccc3nccnc3c2P(C)C)n1. The summed E-state index contributed by atoms with van der Waals surface area (Å²) in [5.41, 5.74) is 3.30. The number of hydrogen-bond acceptors (Lipinski definition) is 10. The summed E-state index contributed by atoms with van der Waals surface area (Å²) in [5.74, 6) is 2.22. The molecule has 1 atom stereocenters. The number of nitrogens with zero attached hydrogens (tertiary/aromatic N) is 7. The smallest absolute Gasteiger partial charge is 0.239 e. The van der Waals surface area contributed by atoms with E-state index in [9.17, 15) is 0 Å². The Morgan fingerprint density at radius 3 is 2.55 bits per heavy atom. The van der Waals surface area contributed by atoms with Crippen LogP contribution in [0.15, 0.2) is 42.9 Å². The van der Waals surface area contributed by atoms with E-state index in [1.807, 2.05) is 24.3 Å². The quantitative estimate of drug-likeness (QED) is 0.305. The molecule has 4 heterocycles. The van der Waals surface area contributed by atoms with Crippen molar-refractivity contribution in [2.45, 2.75) is 12.5 Å². The molecule has 1 aromatic carbocycles. The average Bonchev–Trinajstić information content (AvgIpc) is 3.41. The molecular formula is C26H31ClN9OP. The number of methoxy groups -OCH3 is 1. The summed E-state index contributed by atoms with van der Waals surface area (Å²) in [5, 5.41) is 8.14. The number of nitrogens with one attached hydrogen (secondary N) is 2. The van der Waals surface area contributed by atoms with Crippen molar-refractivity contribution >= 4 is 64.8 Å². The summed E-state index contributed by atoms with van der Waals surface area (Å²) in [7, 11) is 5.35. The van der Waals surface area contributed by atoms with Crippen molar-refractivity contribution in [3.8, 4) is 5.88 Å². The van der Waals surface area contributed by atoms with E-state index in [0.29, 0.717) is 34.4 Å². The molecule has 0 radical (unpaired) electrons. The molecule has 1 aliphatic rings. The highest BCUT2D eigenvalue weighted by Gasteiger charge is 2.25. The third-order valence-electron chi connectivity index (χ3n) is 6.56. The lowest BCUT2D eigenvalue weighted by Crippen LogP contribution is -2.31. The second-order valence-electron chi connectivity index (χ2n) is 9.50. The monoisotopic (exact) mass is 551 g/mol. The number of halogens is 1. The Morgan fingerprint density at radius 2 is 1.82 bits per heavy atom. The number of hydrogen-bond donors (Lipinski definition) is 2. The molecule has 0 bridgehead atoms. The van der Waals surface area contributed by atoms with Gasteiger partial charge in [-0.15, -0.1) is 0 Å². The van der Waals surface area contributed by atoms with E-state index in [-0.39, 0.29) is 0 Å². The van der Waals surface area contributed by atoms with Gasteiger partial charge in [0.1, 0.15) is 16.5 Å². The van der Waals surface area contributed by atoms with E-state index >= 15 is 0 Å².